The normalized spacial score (nSPS) is 20.9. The topological polar surface area (TPSA) is 53.5 Å². The molecule has 18 heavy (non-hydrogen) atoms. The zero-order valence-electron chi connectivity index (χ0n) is 11.1. The highest BCUT2D eigenvalue weighted by Crippen LogP contribution is 2.22. The van der Waals surface area contributed by atoms with Crippen molar-refractivity contribution in [2.75, 3.05) is 6.54 Å². The monoisotopic (exact) mass is 245 g/mol. The van der Waals surface area contributed by atoms with Crippen LogP contribution in [0, 0.1) is 13.8 Å². The summed E-state index contributed by atoms with van der Waals surface area (Å²) in [6, 6.07) is 5.70. The molecule has 0 spiro atoms. The van der Waals surface area contributed by atoms with Crippen LogP contribution in [0.15, 0.2) is 23.2 Å². The molecule has 96 valence electrons. The smallest absolute Gasteiger partial charge is 0.253 e. The summed E-state index contributed by atoms with van der Waals surface area (Å²) in [5.41, 5.74) is 3.37. The number of carbonyl (C=O) groups excluding carboxylic acids is 1. The fraction of sp³-hybridized carbons (Fsp3) is 0.429. The molecule has 4 nitrogen and oxygen atoms in total. The molecular weight excluding hydrogens is 226 g/mol. The number of aryl methyl sites for hydroxylation is 1. The van der Waals surface area contributed by atoms with Crippen molar-refractivity contribution in [3.8, 4) is 0 Å². The maximum atomic E-state index is 12.0. The van der Waals surface area contributed by atoms with Crippen LogP contribution in [0.25, 0.3) is 0 Å². The van der Waals surface area contributed by atoms with Crippen LogP contribution in [0.3, 0.4) is 0 Å². The van der Waals surface area contributed by atoms with Crippen molar-refractivity contribution in [2.45, 2.75) is 33.2 Å². The van der Waals surface area contributed by atoms with Gasteiger partial charge in [0, 0.05) is 6.54 Å². The number of nitrogens with zero attached hydrogens (tertiary/aromatic N) is 1. The third-order valence-corrected chi connectivity index (χ3v) is 3.24. The Morgan fingerprint density at radius 1 is 1.33 bits per heavy atom. The second-order valence-electron chi connectivity index (χ2n) is 4.59. The third-order valence-electron chi connectivity index (χ3n) is 3.24. The Kier molecular flexibility index (Phi) is 3.65. The lowest BCUT2D eigenvalue weighted by Gasteiger charge is -2.13. The van der Waals surface area contributed by atoms with E-state index >= 15 is 0 Å². The van der Waals surface area contributed by atoms with Crippen molar-refractivity contribution < 1.29 is 4.79 Å². The molecule has 1 fully saturated rings. The van der Waals surface area contributed by atoms with Crippen LogP contribution in [0.2, 0.25) is 0 Å². The van der Waals surface area contributed by atoms with Crippen LogP contribution in [0.4, 0.5) is 0 Å². The van der Waals surface area contributed by atoms with Crippen molar-refractivity contribution in [3.63, 3.8) is 0 Å². The number of carbonyl (C=O) groups is 1. The van der Waals surface area contributed by atoms with Gasteiger partial charge in [0.1, 0.15) is 6.04 Å². The number of benzene rings is 1. The lowest BCUT2D eigenvalue weighted by atomic mass is 9.98. The van der Waals surface area contributed by atoms with Gasteiger partial charge in [-0.15, -0.1) is 0 Å². The van der Waals surface area contributed by atoms with Crippen molar-refractivity contribution in [1.82, 2.24) is 10.6 Å². The van der Waals surface area contributed by atoms with Gasteiger partial charge in [-0.3, -0.25) is 15.1 Å². The lowest BCUT2D eigenvalue weighted by molar-refractivity contribution is -0.120. The SMILES string of the molecule is CCCN=C1NC(=O)C(c2cccc(C)c2C)N1. The molecule has 1 aliphatic rings. The Labute approximate surface area is 108 Å². The van der Waals surface area contributed by atoms with Gasteiger partial charge in [0.05, 0.1) is 0 Å². The van der Waals surface area contributed by atoms with Gasteiger partial charge >= 0.3 is 0 Å². The van der Waals surface area contributed by atoms with Crippen LogP contribution in [-0.4, -0.2) is 18.4 Å². The quantitative estimate of drug-likeness (QED) is 0.853. The van der Waals surface area contributed by atoms with Crippen molar-refractivity contribution in [3.05, 3.63) is 34.9 Å². The molecule has 0 radical (unpaired) electrons. The first-order valence-corrected chi connectivity index (χ1v) is 6.31. The minimum atomic E-state index is -0.319. The number of guanidine groups is 1. The Balaban J connectivity index is 2.24. The molecule has 1 aromatic carbocycles. The highest BCUT2D eigenvalue weighted by Gasteiger charge is 2.30. The summed E-state index contributed by atoms with van der Waals surface area (Å²) in [6.07, 6.45) is 0.967. The van der Waals surface area contributed by atoms with Crippen molar-refractivity contribution in [2.24, 2.45) is 4.99 Å². The summed E-state index contributed by atoms with van der Waals surface area (Å²) in [5.74, 6) is 0.561. The van der Waals surface area contributed by atoms with Gasteiger partial charge in [-0.2, -0.15) is 0 Å². The molecule has 0 aliphatic carbocycles. The standard InChI is InChI=1S/C14H19N3O/c1-4-8-15-14-16-12(13(18)17-14)11-7-5-6-9(2)10(11)3/h5-7,12H,4,8H2,1-3H3,(H2,15,16,17,18). The molecule has 1 aromatic rings. The Morgan fingerprint density at radius 3 is 2.83 bits per heavy atom. The molecular formula is C14H19N3O. The first-order chi connectivity index (χ1) is 8.63. The molecule has 2 rings (SSSR count). The highest BCUT2D eigenvalue weighted by molar-refractivity contribution is 6.06. The zero-order valence-corrected chi connectivity index (χ0v) is 11.1. The van der Waals surface area contributed by atoms with E-state index in [2.05, 4.69) is 35.5 Å². The summed E-state index contributed by atoms with van der Waals surface area (Å²) in [4.78, 5) is 16.3. The van der Waals surface area contributed by atoms with E-state index in [4.69, 9.17) is 0 Å². The van der Waals surface area contributed by atoms with Crippen LogP contribution >= 0.6 is 0 Å². The maximum absolute atomic E-state index is 12.0. The van der Waals surface area contributed by atoms with E-state index < -0.39 is 0 Å². The first kappa shape index (κ1) is 12.6. The molecule has 1 amide bonds. The summed E-state index contributed by atoms with van der Waals surface area (Å²) >= 11 is 0. The molecule has 0 bridgehead atoms. The van der Waals surface area contributed by atoms with Gasteiger partial charge in [-0.1, -0.05) is 25.1 Å². The van der Waals surface area contributed by atoms with Gasteiger partial charge < -0.3 is 5.32 Å². The predicted molar refractivity (Wildman–Crippen MR) is 72.5 cm³/mol. The van der Waals surface area contributed by atoms with E-state index in [0.717, 1.165) is 24.1 Å². The van der Waals surface area contributed by atoms with E-state index in [-0.39, 0.29) is 11.9 Å². The summed E-state index contributed by atoms with van der Waals surface area (Å²) in [5, 5.41) is 5.93. The minimum absolute atomic E-state index is 0.0291. The number of hydrogen-bond donors (Lipinski definition) is 2. The van der Waals surface area contributed by atoms with Gasteiger partial charge in [0.25, 0.3) is 5.91 Å². The molecule has 0 saturated carbocycles. The Morgan fingerprint density at radius 2 is 2.11 bits per heavy atom. The van der Waals surface area contributed by atoms with E-state index in [1.54, 1.807) is 0 Å². The molecule has 2 N–H and O–H groups in total. The predicted octanol–water partition coefficient (Wildman–Crippen LogP) is 1.83. The molecule has 1 saturated heterocycles. The molecule has 1 heterocycles. The molecule has 1 aliphatic heterocycles. The average Bonchev–Trinajstić information content (AvgIpc) is 2.71. The van der Waals surface area contributed by atoms with E-state index in [1.165, 1.54) is 5.56 Å². The fourth-order valence-corrected chi connectivity index (χ4v) is 2.04. The first-order valence-electron chi connectivity index (χ1n) is 6.31. The van der Waals surface area contributed by atoms with Crippen molar-refractivity contribution in [1.29, 1.82) is 0 Å². The van der Waals surface area contributed by atoms with Crippen LogP contribution in [0.5, 0.6) is 0 Å². The number of hydrogen-bond acceptors (Lipinski definition) is 2. The molecule has 0 aromatic heterocycles. The highest BCUT2D eigenvalue weighted by atomic mass is 16.2. The van der Waals surface area contributed by atoms with Gasteiger partial charge in [0.15, 0.2) is 5.96 Å². The van der Waals surface area contributed by atoms with E-state index in [0.29, 0.717) is 5.96 Å². The summed E-state index contributed by atoms with van der Waals surface area (Å²) in [6.45, 7) is 6.88. The van der Waals surface area contributed by atoms with Gasteiger partial charge in [-0.05, 0) is 37.0 Å². The Hall–Kier alpha value is -1.84. The van der Waals surface area contributed by atoms with Crippen LogP contribution in [0.1, 0.15) is 36.1 Å². The number of nitrogens with one attached hydrogen (secondary N) is 2. The third kappa shape index (κ3) is 2.37. The fourth-order valence-electron chi connectivity index (χ4n) is 2.04. The van der Waals surface area contributed by atoms with E-state index in [1.807, 2.05) is 19.1 Å². The lowest BCUT2D eigenvalue weighted by Crippen LogP contribution is -2.25. The number of rotatable bonds is 3. The van der Waals surface area contributed by atoms with Crippen molar-refractivity contribution >= 4 is 11.9 Å². The Bertz CT molecular complexity index is 494. The van der Waals surface area contributed by atoms with Gasteiger partial charge in [-0.25, -0.2) is 0 Å². The minimum Gasteiger partial charge on any atom is -0.340 e. The second-order valence-corrected chi connectivity index (χ2v) is 4.59. The average molecular weight is 245 g/mol. The number of amides is 1. The molecule has 4 heteroatoms. The summed E-state index contributed by atoms with van der Waals surface area (Å²) in [7, 11) is 0. The molecule has 1 unspecified atom stereocenters. The summed E-state index contributed by atoms with van der Waals surface area (Å²) < 4.78 is 0. The van der Waals surface area contributed by atoms with Crippen LogP contribution < -0.4 is 10.6 Å². The maximum Gasteiger partial charge on any atom is 0.253 e. The number of aliphatic imine (C=N–C) groups is 1. The zero-order chi connectivity index (χ0) is 13.1. The van der Waals surface area contributed by atoms with Gasteiger partial charge in [0.2, 0.25) is 0 Å². The molecule has 1 atom stereocenters. The van der Waals surface area contributed by atoms with Crippen LogP contribution in [-0.2, 0) is 4.79 Å². The van der Waals surface area contributed by atoms with E-state index in [9.17, 15) is 4.79 Å². The second kappa shape index (κ2) is 5.21. The largest absolute Gasteiger partial charge is 0.340 e.